The molecular formula is C12H18N2O. The molecule has 1 N–H and O–H groups in total. The number of H-pyrrole nitrogens is 1. The molecule has 1 aliphatic carbocycles. The Morgan fingerprint density at radius 3 is 2.67 bits per heavy atom. The lowest BCUT2D eigenvalue weighted by Crippen LogP contribution is -2.17. The van der Waals surface area contributed by atoms with Crippen LogP contribution in [0.25, 0.3) is 0 Å². The first kappa shape index (κ1) is 10.4. The first-order valence-corrected chi connectivity index (χ1v) is 5.78. The van der Waals surface area contributed by atoms with Gasteiger partial charge in [-0.1, -0.05) is 26.7 Å². The number of aromatic amines is 1. The largest absolute Gasteiger partial charge is 0.345 e. The van der Waals surface area contributed by atoms with Gasteiger partial charge < -0.3 is 4.98 Å². The van der Waals surface area contributed by atoms with Gasteiger partial charge in [0.05, 0.1) is 5.69 Å². The van der Waals surface area contributed by atoms with Gasteiger partial charge in [-0.05, 0) is 30.7 Å². The Balaban J connectivity index is 2.34. The summed E-state index contributed by atoms with van der Waals surface area (Å²) in [5, 5.41) is 0. The number of nitrogens with one attached hydrogen (secondary N) is 1. The molecule has 2 rings (SSSR count). The maximum atomic E-state index is 11.4. The minimum absolute atomic E-state index is 0.192. The molecule has 1 aromatic heterocycles. The smallest absolute Gasteiger partial charge is 0.310 e. The van der Waals surface area contributed by atoms with Crippen LogP contribution in [0.5, 0.6) is 0 Å². The number of aromatic nitrogens is 2. The van der Waals surface area contributed by atoms with Crippen molar-refractivity contribution < 1.29 is 0 Å². The summed E-state index contributed by atoms with van der Waals surface area (Å²) in [7, 11) is 0. The summed E-state index contributed by atoms with van der Waals surface area (Å²) in [5.41, 5.74) is 1.82. The molecule has 82 valence electrons. The molecule has 0 radical (unpaired) electrons. The zero-order chi connectivity index (χ0) is 10.8. The van der Waals surface area contributed by atoms with Crippen LogP contribution in [-0.2, 0) is 0 Å². The summed E-state index contributed by atoms with van der Waals surface area (Å²) in [6.45, 7) is 4.14. The molecule has 3 nitrogen and oxygen atoms in total. The van der Waals surface area contributed by atoms with Gasteiger partial charge in [0.25, 0.3) is 0 Å². The third-order valence-corrected chi connectivity index (χ3v) is 3.17. The summed E-state index contributed by atoms with van der Waals surface area (Å²) >= 11 is 0. The summed E-state index contributed by atoms with van der Waals surface area (Å²) in [6, 6.07) is 2.07. The molecule has 0 amide bonds. The van der Waals surface area contributed by atoms with E-state index in [0.29, 0.717) is 11.8 Å². The average Bonchev–Trinajstić information content (AvgIpc) is 2.69. The highest BCUT2D eigenvalue weighted by Gasteiger charge is 2.19. The summed E-state index contributed by atoms with van der Waals surface area (Å²) < 4.78 is 0. The SMILES string of the molecule is CC(C)c1cc(C2CCCC2)[nH]c(=O)n1. The lowest BCUT2D eigenvalue weighted by molar-refractivity contribution is 0.676. The summed E-state index contributed by atoms with van der Waals surface area (Å²) in [6.07, 6.45) is 4.98. The second kappa shape index (κ2) is 4.17. The van der Waals surface area contributed by atoms with E-state index in [9.17, 15) is 4.79 Å². The molecule has 0 atom stereocenters. The Labute approximate surface area is 89.9 Å². The van der Waals surface area contributed by atoms with Gasteiger partial charge in [0, 0.05) is 5.69 Å². The maximum absolute atomic E-state index is 11.4. The van der Waals surface area contributed by atoms with Crippen molar-refractivity contribution in [1.29, 1.82) is 0 Å². The van der Waals surface area contributed by atoms with E-state index < -0.39 is 0 Å². The van der Waals surface area contributed by atoms with Crippen molar-refractivity contribution in [3.8, 4) is 0 Å². The monoisotopic (exact) mass is 206 g/mol. The van der Waals surface area contributed by atoms with Crippen LogP contribution >= 0.6 is 0 Å². The van der Waals surface area contributed by atoms with Crippen molar-refractivity contribution in [2.24, 2.45) is 0 Å². The lowest BCUT2D eigenvalue weighted by atomic mass is 10.0. The summed E-state index contributed by atoms with van der Waals surface area (Å²) in [4.78, 5) is 18.3. The van der Waals surface area contributed by atoms with Crippen molar-refractivity contribution in [3.05, 3.63) is 27.9 Å². The molecule has 0 saturated heterocycles. The lowest BCUT2D eigenvalue weighted by Gasteiger charge is -2.11. The van der Waals surface area contributed by atoms with Gasteiger partial charge in [0.2, 0.25) is 0 Å². The molecule has 1 heterocycles. The van der Waals surface area contributed by atoms with Gasteiger partial charge in [0.15, 0.2) is 0 Å². The Morgan fingerprint density at radius 1 is 1.40 bits per heavy atom. The van der Waals surface area contributed by atoms with E-state index in [2.05, 4.69) is 29.9 Å². The Hall–Kier alpha value is -1.12. The van der Waals surface area contributed by atoms with E-state index in [1.807, 2.05) is 0 Å². The zero-order valence-electron chi connectivity index (χ0n) is 9.42. The minimum atomic E-state index is -0.192. The van der Waals surface area contributed by atoms with Gasteiger partial charge in [-0.2, -0.15) is 4.98 Å². The van der Waals surface area contributed by atoms with Crippen LogP contribution in [0.1, 0.15) is 62.8 Å². The van der Waals surface area contributed by atoms with Gasteiger partial charge in [0.1, 0.15) is 0 Å². The zero-order valence-corrected chi connectivity index (χ0v) is 9.42. The third-order valence-electron chi connectivity index (χ3n) is 3.17. The van der Waals surface area contributed by atoms with Crippen molar-refractivity contribution >= 4 is 0 Å². The molecule has 0 spiro atoms. The third kappa shape index (κ3) is 2.28. The first-order chi connectivity index (χ1) is 7.16. The molecule has 0 aliphatic heterocycles. The highest BCUT2D eigenvalue weighted by Crippen LogP contribution is 2.32. The van der Waals surface area contributed by atoms with Gasteiger partial charge in [-0.25, -0.2) is 4.79 Å². The van der Waals surface area contributed by atoms with Crippen molar-refractivity contribution in [3.63, 3.8) is 0 Å². The second-order valence-electron chi connectivity index (χ2n) is 4.70. The van der Waals surface area contributed by atoms with Crippen LogP contribution in [0.2, 0.25) is 0 Å². The quantitative estimate of drug-likeness (QED) is 0.808. The van der Waals surface area contributed by atoms with Crippen LogP contribution in [0, 0.1) is 0 Å². The van der Waals surface area contributed by atoms with Gasteiger partial charge in [-0.15, -0.1) is 0 Å². The molecule has 1 aliphatic rings. The fourth-order valence-electron chi connectivity index (χ4n) is 2.25. The Morgan fingerprint density at radius 2 is 2.07 bits per heavy atom. The van der Waals surface area contributed by atoms with E-state index in [1.165, 1.54) is 25.7 Å². The second-order valence-corrected chi connectivity index (χ2v) is 4.70. The molecule has 1 saturated carbocycles. The van der Waals surface area contributed by atoms with E-state index in [-0.39, 0.29) is 5.69 Å². The van der Waals surface area contributed by atoms with E-state index >= 15 is 0 Å². The molecule has 15 heavy (non-hydrogen) atoms. The standard InChI is InChI=1S/C12H18N2O/c1-8(2)10-7-11(14-12(15)13-10)9-5-3-4-6-9/h7-9H,3-6H2,1-2H3,(H,13,14,15). The molecule has 1 fully saturated rings. The normalized spacial score (nSPS) is 17.5. The van der Waals surface area contributed by atoms with Crippen molar-refractivity contribution in [1.82, 2.24) is 9.97 Å². The first-order valence-electron chi connectivity index (χ1n) is 5.78. The number of nitrogens with zero attached hydrogens (tertiary/aromatic N) is 1. The average molecular weight is 206 g/mol. The Kier molecular flexibility index (Phi) is 2.89. The van der Waals surface area contributed by atoms with Crippen LogP contribution < -0.4 is 5.69 Å². The molecule has 1 aromatic rings. The number of hydrogen-bond donors (Lipinski definition) is 1. The minimum Gasteiger partial charge on any atom is -0.310 e. The topological polar surface area (TPSA) is 45.8 Å². The van der Waals surface area contributed by atoms with Crippen molar-refractivity contribution in [2.45, 2.75) is 51.4 Å². The van der Waals surface area contributed by atoms with Crippen LogP contribution in [0.3, 0.4) is 0 Å². The van der Waals surface area contributed by atoms with E-state index in [4.69, 9.17) is 0 Å². The van der Waals surface area contributed by atoms with Crippen LogP contribution in [0.15, 0.2) is 10.9 Å². The van der Waals surface area contributed by atoms with Crippen LogP contribution in [0.4, 0.5) is 0 Å². The van der Waals surface area contributed by atoms with Crippen LogP contribution in [-0.4, -0.2) is 9.97 Å². The molecule has 0 bridgehead atoms. The number of hydrogen-bond acceptors (Lipinski definition) is 2. The summed E-state index contributed by atoms with van der Waals surface area (Å²) in [5.74, 6) is 0.880. The predicted molar refractivity (Wildman–Crippen MR) is 60.2 cm³/mol. The van der Waals surface area contributed by atoms with E-state index in [0.717, 1.165) is 11.4 Å². The highest BCUT2D eigenvalue weighted by molar-refractivity contribution is 5.16. The van der Waals surface area contributed by atoms with Gasteiger partial charge in [-0.3, -0.25) is 0 Å². The highest BCUT2D eigenvalue weighted by atomic mass is 16.1. The molecule has 0 unspecified atom stereocenters. The molecule has 3 heteroatoms. The molecular weight excluding hydrogens is 188 g/mol. The number of rotatable bonds is 2. The predicted octanol–water partition coefficient (Wildman–Crippen LogP) is 2.55. The fraction of sp³-hybridized carbons (Fsp3) is 0.667. The van der Waals surface area contributed by atoms with Gasteiger partial charge >= 0.3 is 5.69 Å². The molecule has 0 aromatic carbocycles. The maximum Gasteiger partial charge on any atom is 0.345 e. The Bertz CT molecular complexity index is 389. The van der Waals surface area contributed by atoms with Crippen molar-refractivity contribution in [2.75, 3.05) is 0 Å². The fourth-order valence-corrected chi connectivity index (χ4v) is 2.25. The van der Waals surface area contributed by atoms with E-state index in [1.54, 1.807) is 0 Å².